The number of rotatable bonds is 5. The van der Waals surface area contributed by atoms with Crippen LogP contribution < -0.4 is 0 Å². The SMILES string of the molecule is CC.CC.CC.CC.CC.CC.Cc1ccccc1.Cc1ccccc1.[CH3-].c1ccc(Sc2ccc([S+](c3ccccc3)c3ccccc3)cc2)cc1. The number of aryl methyl sites for hydroxylation is 2. The van der Waals surface area contributed by atoms with Gasteiger partial charge in [0.2, 0.25) is 0 Å². The monoisotopic (exact) mass is 751 g/mol. The van der Waals surface area contributed by atoms with E-state index in [0.717, 1.165) is 0 Å². The smallest absolute Gasteiger partial charge is 0.166 e. The summed E-state index contributed by atoms with van der Waals surface area (Å²) < 4.78 is 0. The molecule has 53 heavy (non-hydrogen) atoms. The van der Waals surface area contributed by atoms with Crippen LogP contribution >= 0.6 is 11.8 Å². The third-order valence-electron chi connectivity index (χ3n) is 5.88. The summed E-state index contributed by atoms with van der Waals surface area (Å²) in [6.45, 7) is 28.2. The Labute approximate surface area is 336 Å². The molecule has 0 saturated carbocycles. The summed E-state index contributed by atoms with van der Waals surface area (Å²) in [4.78, 5) is 6.58. The second-order valence-electron chi connectivity index (χ2n) is 9.13. The predicted octanol–water partition coefficient (Wildman–Crippen LogP) is 17.5. The second kappa shape index (κ2) is 42.4. The van der Waals surface area contributed by atoms with Crippen molar-refractivity contribution >= 4 is 22.7 Å². The minimum absolute atomic E-state index is 0. The topological polar surface area (TPSA) is 0 Å². The third-order valence-corrected chi connectivity index (χ3v) is 9.12. The van der Waals surface area contributed by atoms with Crippen LogP contribution in [0.25, 0.3) is 0 Å². The van der Waals surface area contributed by atoms with Gasteiger partial charge in [0.1, 0.15) is 0 Å². The first-order valence-electron chi connectivity index (χ1n) is 19.4. The molecule has 0 amide bonds. The van der Waals surface area contributed by atoms with E-state index in [4.69, 9.17) is 0 Å². The Morgan fingerprint density at radius 3 is 0.774 bits per heavy atom. The molecule has 6 aromatic carbocycles. The van der Waals surface area contributed by atoms with Gasteiger partial charge in [0.25, 0.3) is 0 Å². The molecule has 2 heteroatoms. The van der Waals surface area contributed by atoms with Gasteiger partial charge in [-0.2, -0.15) is 0 Å². The molecular weight excluding hydrogens is 677 g/mol. The van der Waals surface area contributed by atoms with Gasteiger partial charge in [-0.3, -0.25) is 0 Å². The summed E-state index contributed by atoms with van der Waals surface area (Å²) in [7, 11) is -0.0786. The van der Waals surface area contributed by atoms with Crippen LogP contribution in [0.5, 0.6) is 0 Å². The number of benzene rings is 6. The van der Waals surface area contributed by atoms with Crippen LogP contribution in [0, 0.1) is 21.3 Å². The lowest BCUT2D eigenvalue weighted by Gasteiger charge is -2.08. The fraction of sp³-hybridized carbons (Fsp3) is 0.275. The maximum absolute atomic E-state index is 2.27. The van der Waals surface area contributed by atoms with Gasteiger partial charge < -0.3 is 7.43 Å². The Morgan fingerprint density at radius 2 is 0.509 bits per heavy atom. The van der Waals surface area contributed by atoms with E-state index in [1.807, 2.05) is 119 Å². The summed E-state index contributed by atoms with van der Waals surface area (Å²) in [6, 6.07) is 61.6. The van der Waals surface area contributed by atoms with Crippen molar-refractivity contribution in [2.45, 2.75) is 121 Å². The number of hydrogen-bond acceptors (Lipinski definition) is 1. The standard InChI is InChI=1S/C24H19S2.2C7H8.6C2H6.CH3/c1-4-10-20(11-5-1)25-21-16-18-24(19-17-21)26(22-12-6-2-7-13-22)23-14-8-3-9-15-23;2*1-7-5-3-2-4-6-7;6*1-2;/h1-19H;2*2-6H,1H3;6*1-2H3;1H3/q+1;;;;;;;;;-1. The third kappa shape index (κ3) is 26.4. The molecule has 0 aromatic heterocycles. The summed E-state index contributed by atoms with van der Waals surface area (Å²) in [5.74, 6) is 0. The van der Waals surface area contributed by atoms with Gasteiger partial charge in [0.05, 0.1) is 10.9 Å². The van der Waals surface area contributed by atoms with Crippen molar-refractivity contribution in [1.82, 2.24) is 0 Å². The molecule has 0 radical (unpaired) electrons. The zero-order valence-electron chi connectivity index (χ0n) is 36.1. The highest BCUT2D eigenvalue weighted by atomic mass is 32.2. The fourth-order valence-corrected chi connectivity index (χ4v) is 6.78. The van der Waals surface area contributed by atoms with Crippen LogP contribution in [0.2, 0.25) is 0 Å². The van der Waals surface area contributed by atoms with Crippen molar-refractivity contribution in [2.24, 2.45) is 0 Å². The first-order chi connectivity index (χ1) is 25.7. The minimum Gasteiger partial charge on any atom is -0.358 e. The zero-order chi connectivity index (χ0) is 39.8. The average Bonchev–Trinajstić information content (AvgIpc) is 3.25. The summed E-state index contributed by atoms with van der Waals surface area (Å²) in [5, 5.41) is 0. The molecule has 0 saturated heterocycles. The van der Waals surface area contributed by atoms with E-state index in [0.29, 0.717) is 0 Å². The van der Waals surface area contributed by atoms with Gasteiger partial charge >= 0.3 is 0 Å². The van der Waals surface area contributed by atoms with E-state index in [1.54, 1.807) is 11.8 Å². The molecule has 0 unspecified atom stereocenters. The van der Waals surface area contributed by atoms with Crippen molar-refractivity contribution in [1.29, 1.82) is 0 Å². The first-order valence-corrected chi connectivity index (χ1v) is 21.4. The van der Waals surface area contributed by atoms with E-state index in [2.05, 4.69) is 153 Å². The first kappa shape index (κ1) is 55.8. The van der Waals surface area contributed by atoms with Crippen molar-refractivity contribution in [2.75, 3.05) is 0 Å². The summed E-state index contributed by atoms with van der Waals surface area (Å²) >= 11 is 1.80. The fourth-order valence-electron chi connectivity index (χ4n) is 3.86. The van der Waals surface area contributed by atoms with Crippen LogP contribution in [0.15, 0.2) is 200 Å². The van der Waals surface area contributed by atoms with Gasteiger partial charge in [-0.05, 0) is 74.5 Å². The molecule has 0 atom stereocenters. The van der Waals surface area contributed by atoms with Gasteiger partial charge in [0, 0.05) is 9.79 Å². The Hall–Kier alpha value is -3.98. The molecule has 6 rings (SSSR count). The minimum atomic E-state index is -0.0786. The van der Waals surface area contributed by atoms with Crippen LogP contribution in [0.3, 0.4) is 0 Å². The Kier molecular flexibility index (Phi) is 44.7. The molecule has 0 spiro atoms. The molecule has 6 aromatic rings. The molecular formula is C51H74S2. The van der Waals surface area contributed by atoms with E-state index in [1.165, 1.54) is 35.6 Å². The highest BCUT2D eigenvalue weighted by Gasteiger charge is 2.28. The van der Waals surface area contributed by atoms with E-state index < -0.39 is 0 Å². The van der Waals surface area contributed by atoms with E-state index in [-0.39, 0.29) is 18.3 Å². The molecule has 0 fully saturated rings. The quantitative estimate of drug-likeness (QED) is 0.125. The van der Waals surface area contributed by atoms with Crippen LogP contribution in [-0.4, -0.2) is 0 Å². The maximum atomic E-state index is 2.27. The highest BCUT2D eigenvalue weighted by molar-refractivity contribution is 7.99. The molecule has 0 N–H and O–H groups in total. The van der Waals surface area contributed by atoms with Gasteiger partial charge in [-0.25, -0.2) is 0 Å². The molecule has 0 nitrogen and oxygen atoms in total. The Balaban J connectivity index is -0.000000367. The van der Waals surface area contributed by atoms with Crippen LogP contribution in [-0.2, 0) is 10.9 Å². The van der Waals surface area contributed by atoms with E-state index in [9.17, 15) is 0 Å². The van der Waals surface area contributed by atoms with Gasteiger partial charge in [0.15, 0.2) is 14.7 Å². The molecule has 0 aliphatic heterocycles. The Morgan fingerprint density at radius 1 is 0.283 bits per heavy atom. The van der Waals surface area contributed by atoms with Crippen molar-refractivity contribution in [3.8, 4) is 0 Å². The maximum Gasteiger partial charge on any atom is 0.166 e. The van der Waals surface area contributed by atoms with E-state index >= 15 is 0 Å². The van der Waals surface area contributed by atoms with Crippen LogP contribution in [0.4, 0.5) is 0 Å². The molecule has 0 heterocycles. The Bertz CT molecular complexity index is 1410. The van der Waals surface area contributed by atoms with Crippen LogP contribution in [0.1, 0.15) is 94.2 Å². The van der Waals surface area contributed by atoms with Crippen molar-refractivity contribution in [3.63, 3.8) is 0 Å². The van der Waals surface area contributed by atoms with Crippen molar-refractivity contribution in [3.05, 3.63) is 194 Å². The molecule has 290 valence electrons. The van der Waals surface area contributed by atoms with Crippen molar-refractivity contribution < 1.29 is 0 Å². The average molecular weight is 751 g/mol. The normalized spacial score (nSPS) is 8.28. The molecule has 0 bridgehead atoms. The zero-order valence-corrected chi connectivity index (χ0v) is 37.7. The molecule has 0 aliphatic rings. The number of hydrogen-bond donors (Lipinski definition) is 0. The lowest BCUT2D eigenvalue weighted by atomic mass is 10.2. The second-order valence-corrected chi connectivity index (χ2v) is 12.3. The predicted molar refractivity (Wildman–Crippen MR) is 249 cm³/mol. The summed E-state index contributed by atoms with van der Waals surface area (Å²) in [6.07, 6.45) is 0. The highest BCUT2D eigenvalue weighted by Crippen LogP contribution is 2.33. The largest absolute Gasteiger partial charge is 0.358 e. The summed E-state index contributed by atoms with van der Waals surface area (Å²) in [5.41, 5.74) is 2.64. The van der Waals surface area contributed by atoms with Gasteiger partial charge in [-0.1, -0.05) is 221 Å². The lowest BCUT2D eigenvalue weighted by molar-refractivity contribution is 1.28. The lowest BCUT2D eigenvalue weighted by Crippen LogP contribution is -2.04. The van der Waals surface area contributed by atoms with Gasteiger partial charge in [-0.15, -0.1) is 0 Å². The molecule has 0 aliphatic carbocycles.